The third-order valence-corrected chi connectivity index (χ3v) is 3.94. The van der Waals surface area contributed by atoms with Gasteiger partial charge in [-0.3, -0.25) is 4.79 Å². The smallest absolute Gasteiger partial charge is 0.254 e. The lowest BCUT2D eigenvalue weighted by Crippen LogP contribution is -2.36. The van der Waals surface area contributed by atoms with Gasteiger partial charge in [-0.25, -0.2) is 0 Å². The Kier molecular flexibility index (Phi) is 4.43. The average Bonchev–Trinajstić information content (AvgIpc) is 3.11. The first-order valence-electron chi connectivity index (χ1n) is 7.07. The van der Waals surface area contributed by atoms with Gasteiger partial charge in [-0.2, -0.15) is 0 Å². The molecule has 4 heteroatoms. The second kappa shape index (κ2) is 5.92. The summed E-state index contributed by atoms with van der Waals surface area (Å²) in [4.78, 5) is 15.3. The van der Waals surface area contributed by atoms with Crippen LogP contribution in [0, 0.1) is 20.8 Å². The molecule has 1 saturated carbocycles. The highest BCUT2D eigenvalue weighted by Gasteiger charge is 2.33. The summed E-state index contributed by atoms with van der Waals surface area (Å²) in [6, 6.07) is 4.51. The number of nitrogens with zero attached hydrogens (tertiary/aromatic N) is 1. The maximum absolute atomic E-state index is 12.8. The number of carbonyl (C=O) groups excluding carboxylic acids is 1. The molecule has 20 heavy (non-hydrogen) atoms. The minimum atomic E-state index is 0.124. The van der Waals surface area contributed by atoms with E-state index in [9.17, 15) is 4.79 Å². The molecule has 1 aliphatic rings. The zero-order valence-corrected chi connectivity index (χ0v) is 13.2. The average molecular weight is 290 g/mol. The molecule has 0 radical (unpaired) electrons. The van der Waals surface area contributed by atoms with Gasteiger partial charge in [-0.15, -0.1) is 0 Å². The summed E-state index contributed by atoms with van der Waals surface area (Å²) in [7, 11) is 0. The van der Waals surface area contributed by atoms with Crippen molar-refractivity contribution in [1.82, 2.24) is 4.90 Å². The van der Waals surface area contributed by atoms with Crippen molar-refractivity contribution in [3.8, 4) is 0 Å². The molecule has 1 amide bonds. The van der Waals surface area contributed by atoms with Crippen molar-refractivity contribution in [2.24, 2.45) is 5.73 Å². The van der Waals surface area contributed by atoms with Crippen molar-refractivity contribution < 1.29 is 4.79 Å². The third-order valence-electron chi connectivity index (χ3n) is 3.74. The lowest BCUT2D eigenvalue weighted by atomic mass is 9.98. The van der Waals surface area contributed by atoms with Gasteiger partial charge in [0.1, 0.15) is 0 Å². The number of carbonyl (C=O) groups is 1. The van der Waals surface area contributed by atoms with Crippen LogP contribution >= 0.6 is 12.2 Å². The molecule has 108 valence electrons. The Balaban J connectivity index is 2.25. The zero-order valence-electron chi connectivity index (χ0n) is 12.4. The number of hydrogen-bond donors (Lipinski definition) is 1. The van der Waals surface area contributed by atoms with Crippen LogP contribution in [0.4, 0.5) is 0 Å². The molecule has 0 aliphatic heterocycles. The minimum absolute atomic E-state index is 0.124. The van der Waals surface area contributed by atoms with E-state index in [2.05, 4.69) is 19.1 Å². The van der Waals surface area contributed by atoms with Gasteiger partial charge in [0.05, 0.1) is 4.99 Å². The van der Waals surface area contributed by atoms with E-state index < -0.39 is 0 Å². The topological polar surface area (TPSA) is 46.3 Å². The molecule has 0 saturated heterocycles. The fraction of sp³-hybridized carbons (Fsp3) is 0.500. The van der Waals surface area contributed by atoms with Gasteiger partial charge in [-0.05, 0) is 44.7 Å². The summed E-state index contributed by atoms with van der Waals surface area (Å²) < 4.78 is 0. The Bertz CT molecular complexity index is 526. The molecule has 2 rings (SSSR count). The second-order valence-corrected chi connectivity index (χ2v) is 6.24. The van der Waals surface area contributed by atoms with Crippen molar-refractivity contribution in [2.75, 3.05) is 6.54 Å². The summed E-state index contributed by atoms with van der Waals surface area (Å²) in [5.74, 6) is 0.124. The number of hydrogen-bond acceptors (Lipinski definition) is 2. The van der Waals surface area contributed by atoms with Crippen LogP contribution in [0.3, 0.4) is 0 Å². The molecule has 2 N–H and O–H groups in total. The molecule has 3 nitrogen and oxygen atoms in total. The summed E-state index contributed by atoms with van der Waals surface area (Å²) >= 11 is 4.93. The van der Waals surface area contributed by atoms with Crippen molar-refractivity contribution in [2.45, 2.75) is 46.1 Å². The molecule has 1 fully saturated rings. The number of aryl methyl sites for hydroxylation is 3. The lowest BCUT2D eigenvalue weighted by molar-refractivity contribution is 0.0746. The molecule has 0 unspecified atom stereocenters. The highest BCUT2D eigenvalue weighted by molar-refractivity contribution is 7.80. The van der Waals surface area contributed by atoms with E-state index in [1.165, 1.54) is 5.56 Å². The number of amides is 1. The maximum Gasteiger partial charge on any atom is 0.254 e. The van der Waals surface area contributed by atoms with Gasteiger partial charge in [-0.1, -0.05) is 29.9 Å². The molecule has 0 atom stereocenters. The number of benzene rings is 1. The Morgan fingerprint density at radius 1 is 1.30 bits per heavy atom. The fourth-order valence-electron chi connectivity index (χ4n) is 2.73. The van der Waals surface area contributed by atoms with Gasteiger partial charge in [0.25, 0.3) is 5.91 Å². The molecule has 0 aromatic heterocycles. The molecule has 0 spiro atoms. The monoisotopic (exact) mass is 290 g/mol. The SMILES string of the molecule is Cc1cc(C)c(C(=O)N(CCC(N)=S)C2CC2)c(C)c1. The van der Waals surface area contributed by atoms with Crippen LogP contribution < -0.4 is 5.73 Å². The first kappa shape index (κ1) is 15.0. The van der Waals surface area contributed by atoms with E-state index in [4.69, 9.17) is 18.0 Å². The zero-order chi connectivity index (χ0) is 14.9. The number of nitrogens with two attached hydrogens (primary N) is 1. The highest BCUT2D eigenvalue weighted by Crippen LogP contribution is 2.30. The van der Waals surface area contributed by atoms with Gasteiger partial charge in [0.2, 0.25) is 0 Å². The van der Waals surface area contributed by atoms with Gasteiger partial charge in [0.15, 0.2) is 0 Å². The van der Waals surface area contributed by atoms with Crippen molar-refractivity contribution >= 4 is 23.1 Å². The molecule has 1 aliphatic carbocycles. The standard InChI is InChI=1S/C16H22N2OS/c1-10-8-11(2)15(12(3)9-10)16(19)18(13-4-5-13)7-6-14(17)20/h8-9,13H,4-7H2,1-3H3,(H2,17,20). The van der Waals surface area contributed by atoms with Crippen LogP contribution in [0.2, 0.25) is 0 Å². The van der Waals surface area contributed by atoms with Crippen LogP contribution in [0.15, 0.2) is 12.1 Å². The first-order chi connectivity index (χ1) is 9.40. The van der Waals surface area contributed by atoms with E-state index in [1.807, 2.05) is 18.7 Å². The molecule has 0 bridgehead atoms. The summed E-state index contributed by atoms with van der Waals surface area (Å²) in [5, 5.41) is 0. The molecular formula is C16H22N2OS. The normalized spacial score (nSPS) is 14.2. The van der Waals surface area contributed by atoms with Crippen LogP contribution in [0.25, 0.3) is 0 Å². The Morgan fingerprint density at radius 3 is 2.30 bits per heavy atom. The second-order valence-electron chi connectivity index (χ2n) is 5.72. The highest BCUT2D eigenvalue weighted by atomic mass is 32.1. The van der Waals surface area contributed by atoms with Gasteiger partial charge < -0.3 is 10.6 Å². The predicted molar refractivity (Wildman–Crippen MR) is 86.1 cm³/mol. The molecule has 1 aromatic rings. The predicted octanol–water partition coefficient (Wildman–Crippen LogP) is 2.89. The Morgan fingerprint density at radius 2 is 1.85 bits per heavy atom. The van der Waals surface area contributed by atoms with E-state index in [0.717, 1.165) is 29.5 Å². The Hall–Kier alpha value is -1.42. The summed E-state index contributed by atoms with van der Waals surface area (Å²) in [6.07, 6.45) is 2.78. The molecule has 1 aromatic carbocycles. The minimum Gasteiger partial charge on any atom is -0.393 e. The van der Waals surface area contributed by atoms with Gasteiger partial charge >= 0.3 is 0 Å². The van der Waals surface area contributed by atoms with Crippen molar-refractivity contribution in [3.05, 3.63) is 34.4 Å². The fourth-order valence-corrected chi connectivity index (χ4v) is 2.82. The van der Waals surface area contributed by atoms with E-state index in [-0.39, 0.29) is 5.91 Å². The van der Waals surface area contributed by atoms with Crippen molar-refractivity contribution in [1.29, 1.82) is 0 Å². The Labute approximate surface area is 126 Å². The van der Waals surface area contributed by atoms with Crippen molar-refractivity contribution in [3.63, 3.8) is 0 Å². The third kappa shape index (κ3) is 3.37. The first-order valence-corrected chi connectivity index (χ1v) is 7.48. The van der Waals surface area contributed by atoms with Crippen LogP contribution in [-0.2, 0) is 0 Å². The molecule has 0 heterocycles. The van der Waals surface area contributed by atoms with Gasteiger partial charge in [0, 0.05) is 24.6 Å². The summed E-state index contributed by atoms with van der Waals surface area (Å²) in [5.41, 5.74) is 9.70. The van der Waals surface area contributed by atoms with E-state index in [1.54, 1.807) is 0 Å². The summed E-state index contributed by atoms with van der Waals surface area (Å²) in [6.45, 7) is 6.70. The largest absolute Gasteiger partial charge is 0.393 e. The van der Waals surface area contributed by atoms with Crippen LogP contribution in [0.1, 0.15) is 46.3 Å². The van der Waals surface area contributed by atoms with Crippen LogP contribution in [-0.4, -0.2) is 28.4 Å². The maximum atomic E-state index is 12.8. The number of rotatable bonds is 5. The van der Waals surface area contributed by atoms with E-state index in [0.29, 0.717) is 24.0 Å². The van der Waals surface area contributed by atoms with Crippen LogP contribution in [0.5, 0.6) is 0 Å². The lowest BCUT2D eigenvalue weighted by Gasteiger charge is -2.24. The van der Waals surface area contributed by atoms with E-state index >= 15 is 0 Å². The molecular weight excluding hydrogens is 268 g/mol. The number of thiocarbonyl (C=S) groups is 1. The quantitative estimate of drug-likeness (QED) is 0.848.